The van der Waals surface area contributed by atoms with E-state index in [0.29, 0.717) is 15.8 Å². The number of thioether (sulfide) groups is 1. The summed E-state index contributed by atoms with van der Waals surface area (Å²) in [5, 5.41) is 0.535. The maximum absolute atomic E-state index is 12.3. The molecule has 18 heavy (non-hydrogen) atoms. The van der Waals surface area contributed by atoms with Crippen LogP contribution in [0.5, 0.6) is 0 Å². The van der Waals surface area contributed by atoms with E-state index in [1.54, 1.807) is 23.9 Å². The molecule has 3 rings (SSSR count). The number of para-hydroxylation sites is 1. The van der Waals surface area contributed by atoms with Gasteiger partial charge in [0.05, 0.1) is 10.6 Å². The van der Waals surface area contributed by atoms with Crippen molar-refractivity contribution in [1.82, 2.24) is 9.55 Å². The molecule has 1 N–H and O–H groups in total. The molecule has 1 saturated carbocycles. The quantitative estimate of drug-likeness (QED) is 0.915. The van der Waals surface area contributed by atoms with Crippen molar-refractivity contribution < 1.29 is 0 Å². The zero-order valence-electron chi connectivity index (χ0n) is 9.63. The average molecular weight is 260 g/mol. The topological polar surface area (TPSA) is 54.9 Å². The molecule has 0 radical (unpaired) electrons. The highest BCUT2D eigenvalue weighted by atomic mass is 32.2. The van der Waals surface area contributed by atoms with Crippen molar-refractivity contribution in [2.75, 3.05) is 0 Å². The van der Waals surface area contributed by atoms with Crippen LogP contribution in [0.15, 0.2) is 51.0 Å². The van der Waals surface area contributed by atoms with Gasteiger partial charge in [0.15, 0.2) is 0 Å². The molecule has 0 saturated heterocycles. The molecule has 0 atom stereocenters. The summed E-state index contributed by atoms with van der Waals surface area (Å²) in [6.45, 7) is 0. The molecule has 0 bridgehead atoms. The summed E-state index contributed by atoms with van der Waals surface area (Å²) in [4.78, 5) is 27.3. The van der Waals surface area contributed by atoms with E-state index < -0.39 is 5.69 Å². The summed E-state index contributed by atoms with van der Waals surface area (Å²) < 4.78 is 1.19. The number of nitrogens with zero attached hydrogens (tertiary/aromatic N) is 1. The third-order valence-electron chi connectivity index (χ3n) is 2.78. The summed E-state index contributed by atoms with van der Waals surface area (Å²) in [5.41, 5.74) is -0.0322. The highest BCUT2D eigenvalue weighted by Crippen LogP contribution is 2.37. The second-order valence-electron chi connectivity index (χ2n) is 4.25. The van der Waals surface area contributed by atoms with Crippen LogP contribution in [0.2, 0.25) is 0 Å². The molecule has 1 aromatic heterocycles. The maximum atomic E-state index is 12.3. The monoisotopic (exact) mass is 260 g/mol. The number of hydrogen-bond donors (Lipinski definition) is 1. The first-order valence-corrected chi connectivity index (χ1v) is 6.70. The Balaban J connectivity index is 2.13. The molecule has 92 valence electrons. The van der Waals surface area contributed by atoms with E-state index in [2.05, 4.69) is 4.98 Å². The minimum Gasteiger partial charge on any atom is -0.312 e. The van der Waals surface area contributed by atoms with Crippen molar-refractivity contribution in [3.05, 3.63) is 57.4 Å². The van der Waals surface area contributed by atoms with Crippen LogP contribution in [-0.2, 0) is 0 Å². The molecule has 1 heterocycles. The molecule has 0 aliphatic heterocycles. The molecular formula is C13H12N2O2S. The van der Waals surface area contributed by atoms with Gasteiger partial charge >= 0.3 is 5.69 Å². The predicted molar refractivity (Wildman–Crippen MR) is 71.5 cm³/mol. The van der Waals surface area contributed by atoms with Gasteiger partial charge in [-0.1, -0.05) is 18.2 Å². The van der Waals surface area contributed by atoms with E-state index in [-0.39, 0.29) is 5.56 Å². The van der Waals surface area contributed by atoms with E-state index in [9.17, 15) is 9.59 Å². The summed E-state index contributed by atoms with van der Waals surface area (Å²) in [6.07, 6.45) is 3.82. The van der Waals surface area contributed by atoms with Gasteiger partial charge < -0.3 is 4.98 Å². The van der Waals surface area contributed by atoms with Crippen molar-refractivity contribution in [3.8, 4) is 5.69 Å². The second-order valence-corrected chi connectivity index (χ2v) is 5.59. The molecule has 5 heteroatoms. The lowest BCUT2D eigenvalue weighted by molar-refractivity contribution is 0.838. The predicted octanol–water partition coefficient (Wildman–Crippen LogP) is 1.78. The molecule has 0 spiro atoms. The van der Waals surface area contributed by atoms with Crippen molar-refractivity contribution in [1.29, 1.82) is 0 Å². The lowest BCUT2D eigenvalue weighted by Gasteiger charge is -2.06. The molecule has 0 unspecified atom stereocenters. The van der Waals surface area contributed by atoms with Crippen LogP contribution >= 0.6 is 11.8 Å². The molecule has 4 nitrogen and oxygen atoms in total. The number of hydrogen-bond acceptors (Lipinski definition) is 3. The van der Waals surface area contributed by atoms with Crippen LogP contribution in [0.3, 0.4) is 0 Å². The van der Waals surface area contributed by atoms with Gasteiger partial charge in [-0.3, -0.25) is 4.79 Å². The zero-order valence-corrected chi connectivity index (χ0v) is 10.4. The third-order valence-corrected chi connectivity index (χ3v) is 4.13. The molecule has 1 fully saturated rings. The Morgan fingerprint density at radius 2 is 1.89 bits per heavy atom. The number of aromatic nitrogens is 2. The lowest BCUT2D eigenvalue weighted by Crippen LogP contribution is -2.34. The minimum absolute atomic E-state index is 0.234. The molecule has 2 aromatic rings. The summed E-state index contributed by atoms with van der Waals surface area (Å²) >= 11 is 1.55. The van der Waals surface area contributed by atoms with Gasteiger partial charge in [-0.05, 0) is 25.0 Å². The van der Waals surface area contributed by atoms with E-state index >= 15 is 0 Å². The molecule has 1 aliphatic carbocycles. The number of rotatable bonds is 3. The smallest absolute Gasteiger partial charge is 0.312 e. The van der Waals surface area contributed by atoms with Gasteiger partial charge in [-0.25, -0.2) is 9.36 Å². The maximum Gasteiger partial charge on any atom is 0.333 e. The van der Waals surface area contributed by atoms with Crippen molar-refractivity contribution >= 4 is 11.8 Å². The van der Waals surface area contributed by atoms with Crippen LogP contribution in [0.25, 0.3) is 5.69 Å². The Morgan fingerprint density at radius 3 is 2.56 bits per heavy atom. The van der Waals surface area contributed by atoms with Gasteiger partial charge in [-0.2, -0.15) is 0 Å². The van der Waals surface area contributed by atoms with E-state index in [4.69, 9.17) is 0 Å². The van der Waals surface area contributed by atoms with Gasteiger partial charge in [0.25, 0.3) is 5.56 Å². The number of benzene rings is 1. The Bertz CT molecular complexity index is 671. The number of nitrogens with one attached hydrogen (secondary N) is 1. The Kier molecular flexibility index (Phi) is 2.83. The SMILES string of the molecule is O=c1[nH]cc(SC2CC2)c(=O)n1-c1ccccc1. The van der Waals surface area contributed by atoms with Crippen LogP contribution in [-0.4, -0.2) is 14.8 Å². The van der Waals surface area contributed by atoms with Crippen LogP contribution < -0.4 is 11.2 Å². The lowest BCUT2D eigenvalue weighted by atomic mass is 10.3. The average Bonchev–Trinajstić information content (AvgIpc) is 3.18. The highest BCUT2D eigenvalue weighted by molar-refractivity contribution is 8.00. The van der Waals surface area contributed by atoms with E-state index in [1.807, 2.05) is 18.2 Å². The fraction of sp³-hybridized carbons (Fsp3) is 0.231. The summed E-state index contributed by atoms with van der Waals surface area (Å²) in [5.74, 6) is 0. The van der Waals surface area contributed by atoms with E-state index in [0.717, 1.165) is 12.8 Å². The Hall–Kier alpha value is -1.75. The fourth-order valence-corrected chi connectivity index (χ4v) is 2.77. The Morgan fingerprint density at radius 1 is 1.17 bits per heavy atom. The van der Waals surface area contributed by atoms with Crippen LogP contribution in [0.4, 0.5) is 0 Å². The van der Waals surface area contributed by atoms with E-state index in [1.165, 1.54) is 10.8 Å². The largest absolute Gasteiger partial charge is 0.333 e. The van der Waals surface area contributed by atoms with Crippen molar-refractivity contribution in [2.24, 2.45) is 0 Å². The first kappa shape index (κ1) is 11.3. The minimum atomic E-state index is -0.397. The first-order valence-electron chi connectivity index (χ1n) is 5.82. The van der Waals surface area contributed by atoms with Crippen LogP contribution in [0.1, 0.15) is 12.8 Å². The molecule has 1 aromatic carbocycles. The van der Waals surface area contributed by atoms with Gasteiger partial charge in [0.1, 0.15) is 0 Å². The molecule has 1 aliphatic rings. The molecular weight excluding hydrogens is 248 g/mol. The number of H-pyrrole nitrogens is 1. The van der Waals surface area contributed by atoms with Crippen molar-refractivity contribution in [3.63, 3.8) is 0 Å². The Labute approximate surface area is 108 Å². The van der Waals surface area contributed by atoms with Crippen molar-refractivity contribution in [2.45, 2.75) is 23.0 Å². The third kappa shape index (κ3) is 2.13. The fourth-order valence-electron chi connectivity index (χ4n) is 1.72. The summed E-state index contributed by atoms with van der Waals surface area (Å²) in [7, 11) is 0. The summed E-state index contributed by atoms with van der Waals surface area (Å²) in [6, 6.07) is 8.97. The highest BCUT2D eigenvalue weighted by Gasteiger charge is 2.24. The molecule has 0 amide bonds. The number of aromatic amines is 1. The zero-order chi connectivity index (χ0) is 12.5. The second kappa shape index (κ2) is 4.49. The van der Waals surface area contributed by atoms with Gasteiger partial charge in [0, 0.05) is 11.4 Å². The standard InChI is InChI=1S/C13H12N2O2S/c16-12-11(18-10-6-7-10)8-14-13(17)15(12)9-4-2-1-3-5-9/h1-5,8,10H,6-7H2,(H,14,17). The normalized spacial score (nSPS) is 14.7. The van der Waals surface area contributed by atoms with Gasteiger partial charge in [0.2, 0.25) is 0 Å². The van der Waals surface area contributed by atoms with Gasteiger partial charge in [-0.15, -0.1) is 11.8 Å². The van der Waals surface area contributed by atoms with Crippen LogP contribution in [0, 0.1) is 0 Å². The first-order chi connectivity index (χ1) is 8.75.